The van der Waals surface area contributed by atoms with E-state index in [9.17, 15) is 9.18 Å². The summed E-state index contributed by atoms with van der Waals surface area (Å²) < 4.78 is 18.8. The number of fused-ring (bicyclic) bond motifs is 1. The van der Waals surface area contributed by atoms with Gasteiger partial charge < -0.3 is 14.3 Å². The topological polar surface area (TPSA) is 62.1 Å². The average molecular weight is 299 g/mol. The number of benzene rings is 1. The lowest BCUT2D eigenvalue weighted by molar-refractivity contribution is 0.0732. The molecule has 4 rings (SSSR count). The molecule has 2 aromatic heterocycles. The molecule has 5 nitrogen and oxygen atoms in total. The maximum Gasteiger partial charge on any atom is 0.255 e. The van der Waals surface area contributed by atoms with Gasteiger partial charge in [0.05, 0.1) is 17.9 Å². The fraction of sp³-hybridized carbons (Fsp3) is 0.250. The van der Waals surface area contributed by atoms with Gasteiger partial charge in [0.2, 0.25) is 0 Å². The van der Waals surface area contributed by atoms with Crippen molar-refractivity contribution < 1.29 is 13.6 Å². The predicted octanol–water partition coefficient (Wildman–Crippen LogP) is 3.27. The third-order valence-corrected chi connectivity index (χ3v) is 4.15. The predicted molar refractivity (Wildman–Crippen MR) is 77.8 cm³/mol. The molecule has 0 radical (unpaired) electrons. The highest BCUT2D eigenvalue weighted by molar-refractivity contribution is 6.06. The largest absolute Gasteiger partial charge is 0.461 e. The van der Waals surface area contributed by atoms with Gasteiger partial charge in [0.25, 0.3) is 5.91 Å². The van der Waals surface area contributed by atoms with Gasteiger partial charge in [-0.3, -0.25) is 4.79 Å². The number of likely N-dealkylation sites (tertiary alicyclic amines) is 1. The van der Waals surface area contributed by atoms with Gasteiger partial charge in [-0.25, -0.2) is 9.37 Å². The first-order valence-corrected chi connectivity index (χ1v) is 7.21. The summed E-state index contributed by atoms with van der Waals surface area (Å²) in [5.74, 6) is 0.210. The van der Waals surface area contributed by atoms with Crippen molar-refractivity contribution in [2.24, 2.45) is 0 Å². The summed E-state index contributed by atoms with van der Waals surface area (Å²) >= 11 is 0. The average Bonchev–Trinajstić information content (AvgIpc) is 3.26. The lowest BCUT2D eigenvalue weighted by Crippen LogP contribution is -2.31. The molecule has 0 aliphatic carbocycles. The summed E-state index contributed by atoms with van der Waals surface area (Å²) in [7, 11) is 0. The van der Waals surface area contributed by atoms with E-state index in [-0.39, 0.29) is 17.5 Å². The van der Waals surface area contributed by atoms with Crippen molar-refractivity contribution >= 4 is 16.9 Å². The first-order chi connectivity index (χ1) is 10.8. The molecule has 1 aliphatic heterocycles. The Morgan fingerprint density at radius 1 is 1.41 bits per heavy atom. The van der Waals surface area contributed by atoms with E-state index >= 15 is 0 Å². The molecule has 1 aromatic carbocycles. The van der Waals surface area contributed by atoms with Crippen LogP contribution in [-0.4, -0.2) is 27.3 Å². The molecule has 0 spiro atoms. The molecule has 1 unspecified atom stereocenters. The second-order valence-electron chi connectivity index (χ2n) is 5.39. The lowest BCUT2D eigenvalue weighted by atomic mass is 10.1. The van der Waals surface area contributed by atoms with Crippen LogP contribution in [0.3, 0.4) is 0 Å². The van der Waals surface area contributed by atoms with Crippen LogP contribution in [0, 0.1) is 5.82 Å². The van der Waals surface area contributed by atoms with E-state index in [0.29, 0.717) is 17.5 Å². The van der Waals surface area contributed by atoms with Crippen LogP contribution < -0.4 is 0 Å². The normalized spacial score (nSPS) is 18.2. The van der Waals surface area contributed by atoms with Crippen LogP contribution in [0.15, 0.2) is 41.3 Å². The minimum absolute atomic E-state index is 0.0606. The summed E-state index contributed by atoms with van der Waals surface area (Å²) in [4.78, 5) is 22.0. The molecule has 1 fully saturated rings. The van der Waals surface area contributed by atoms with Crippen LogP contribution in [0.1, 0.15) is 35.1 Å². The van der Waals surface area contributed by atoms with Crippen LogP contribution in [0.4, 0.5) is 4.39 Å². The molecule has 112 valence electrons. The molecular formula is C16H14FN3O2. The standard InChI is InChI=1S/C16H14FN3O2/c17-12-4-3-11(10-5-9-22-14(10)12)16(21)20-8-1-2-13(20)15-18-6-7-19-15/h3-7,9,13H,1-2,8H2,(H,18,19). The zero-order valence-electron chi connectivity index (χ0n) is 11.8. The third-order valence-electron chi connectivity index (χ3n) is 4.15. The van der Waals surface area contributed by atoms with Gasteiger partial charge in [-0.05, 0) is 31.0 Å². The van der Waals surface area contributed by atoms with Gasteiger partial charge in [0.1, 0.15) is 5.82 Å². The molecule has 0 saturated carbocycles. The highest BCUT2D eigenvalue weighted by Gasteiger charge is 2.33. The molecule has 1 atom stereocenters. The molecule has 1 N–H and O–H groups in total. The smallest absolute Gasteiger partial charge is 0.255 e. The van der Waals surface area contributed by atoms with E-state index in [2.05, 4.69) is 9.97 Å². The second-order valence-corrected chi connectivity index (χ2v) is 5.39. The van der Waals surface area contributed by atoms with Crippen LogP contribution in [0.25, 0.3) is 11.0 Å². The third kappa shape index (κ3) is 1.91. The Labute approximate surface area is 125 Å². The van der Waals surface area contributed by atoms with Gasteiger partial charge in [0.15, 0.2) is 11.4 Å². The van der Waals surface area contributed by atoms with Crippen LogP contribution in [0.2, 0.25) is 0 Å². The van der Waals surface area contributed by atoms with E-state index in [1.54, 1.807) is 23.4 Å². The molecule has 1 aliphatic rings. The Hall–Kier alpha value is -2.63. The number of rotatable bonds is 2. The number of aromatic nitrogens is 2. The number of furan rings is 1. The first-order valence-electron chi connectivity index (χ1n) is 7.21. The van der Waals surface area contributed by atoms with Crippen molar-refractivity contribution in [1.29, 1.82) is 0 Å². The quantitative estimate of drug-likeness (QED) is 0.790. The van der Waals surface area contributed by atoms with Crippen LogP contribution >= 0.6 is 0 Å². The van der Waals surface area contributed by atoms with Crippen molar-refractivity contribution in [3.63, 3.8) is 0 Å². The van der Waals surface area contributed by atoms with E-state index < -0.39 is 5.82 Å². The minimum atomic E-state index is -0.458. The summed E-state index contributed by atoms with van der Waals surface area (Å²) in [6.45, 7) is 0.668. The van der Waals surface area contributed by atoms with E-state index in [4.69, 9.17) is 4.42 Å². The van der Waals surface area contributed by atoms with Crippen LogP contribution in [0.5, 0.6) is 0 Å². The first kappa shape index (κ1) is 13.1. The number of aromatic amines is 1. The second kappa shape index (κ2) is 4.98. The number of carbonyl (C=O) groups is 1. The fourth-order valence-corrected chi connectivity index (χ4v) is 3.12. The van der Waals surface area contributed by atoms with Crippen molar-refractivity contribution in [3.8, 4) is 0 Å². The minimum Gasteiger partial charge on any atom is -0.461 e. The number of halogens is 1. The van der Waals surface area contributed by atoms with Crippen molar-refractivity contribution in [2.45, 2.75) is 18.9 Å². The maximum atomic E-state index is 13.7. The van der Waals surface area contributed by atoms with Crippen molar-refractivity contribution in [2.75, 3.05) is 6.54 Å². The highest BCUT2D eigenvalue weighted by atomic mass is 19.1. The molecule has 22 heavy (non-hydrogen) atoms. The van der Waals surface area contributed by atoms with Crippen molar-refractivity contribution in [1.82, 2.24) is 14.9 Å². The van der Waals surface area contributed by atoms with Gasteiger partial charge in [0, 0.05) is 24.3 Å². The molecular weight excluding hydrogens is 285 g/mol. The number of H-pyrrole nitrogens is 1. The highest BCUT2D eigenvalue weighted by Crippen LogP contribution is 2.33. The van der Waals surface area contributed by atoms with Gasteiger partial charge in [-0.1, -0.05) is 0 Å². The number of nitrogens with zero attached hydrogens (tertiary/aromatic N) is 2. The number of hydrogen-bond donors (Lipinski definition) is 1. The molecule has 1 amide bonds. The van der Waals surface area contributed by atoms with Crippen LogP contribution in [-0.2, 0) is 0 Å². The zero-order chi connectivity index (χ0) is 15.1. The van der Waals surface area contributed by atoms with E-state index in [1.807, 2.05) is 0 Å². The number of carbonyl (C=O) groups excluding carboxylic acids is 1. The zero-order valence-corrected chi connectivity index (χ0v) is 11.8. The Morgan fingerprint density at radius 3 is 3.14 bits per heavy atom. The van der Waals surface area contributed by atoms with E-state index in [0.717, 1.165) is 18.7 Å². The Morgan fingerprint density at radius 2 is 2.32 bits per heavy atom. The summed E-state index contributed by atoms with van der Waals surface area (Å²) in [5.41, 5.74) is 0.586. The van der Waals surface area contributed by atoms with E-state index in [1.165, 1.54) is 18.4 Å². The molecule has 0 bridgehead atoms. The maximum absolute atomic E-state index is 13.7. The summed E-state index contributed by atoms with van der Waals surface area (Å²) in [6, 6.07) is 4.36. The lowest BCUT2D eigenvalue weighted by Gasteiger charge is -2.23. The number of hydrogen-bond acceptors (Lipinski definition) is 3. The monoisotopic (exact) mass is 299 g/mol. The number of imidazole rings is 1. The molecule has 3 aromatic rings. The fourth-order valence-electron chi connectivity index (χ4n) is 3.12. The Kier molecular flexibility index (Phi) is 2.96. The number of amides is 1. The molecule has 1 saturated heterocycles. The van der Waals surface area contributed by atoms with Gasteiger partial charge in [-0.15, -0.1) is 0 Å². The summed E-state index contributed by atoms with van der Waals surface area (Å²) in [6.07, 6.45) is 6.63. The van der Waals surface area contributed by atoms with Gasteiger partial charge in [-0.2, -0.15) is 0 Å². The SMILES string of the molecule is O=C(c1ccc(F)c2occc12)N1CCCC1c1ncc[nH]1. The molecule has 3 heterocycles. The summed E-state index contributed by atoms with van der Waals surface area (Å²) in [5, 5.41) is 0.509. The Balaban J connectivity index is 1.74. The van der Waals surface area contributed by atoms with Crippen molar-refractivity contribution in [3.05, 3.63) is 54.1 Å². The molecule has 6 heteroatoms. The van der Waals surface area contributed by atoms with Gasteiger partial charge >= 0.3 is 0 Å². The number of nitrogens with one attached hydrogen (secondary N) is 1. The Bertz CT molecular complexity index is 825.